The molecule has 1 amide bonds. The van der Waals surface area contributed by atoms with Gasteiger partial charge in [0.25, 0.3) is 5.91 Å². The van der Waals surface area contributed by atoms with Crippen molar-refractivity contribution in [1.82, 2.24) is 24.8 Å². The quantitative estimate of drug-likeness (QED) is 0.304. The lowest BCUT2D eigenvalue weighted by Crippen LogP contribution is -2.36. The minimum absolute atomic E-state index is 0.101. The summed E-state index contributed by atoms with van der Waals surface area (Å²) < 4.78 is 7.28. The molecular formula is C31H30N6O2. The third kappa shape index (κ3) is 5.82. The predicted octanol–water partition coefficient (Wildman–Crippen LogP) is 4.90. The highest BCUT2D eigenvalue weighted by Crippen LogP contribution is 2.23. The van der Waals surface area contributed by atoms with Gasteiger partial charge in [0.05, 0.1) is 18.9 Å². The average molecular weight is 519 g/mol. The summed E-state index contributed by atoms with van der Waals surface area (Å²) in [7, 11) is 0. The summed E-state index contributed by atoms with van der Waals surface area (Å²) in [4.78, 5) is 20.0. The van der Waals surface area contributed by atoms with Gasteiger partial charge in [0, 0.05) is 43.0 Å². The van der Waals surface area contributed by atoms with Crippen molar-refractivity contribution in [2.75, 3.05) is 31.6 Å². The van der Waals surface area contributed by atoms with Gasteiger partial charge in [-0.1, -0.05) is 60.7 Å². The Hall–Kier alpha value is -4.53. The number of fused-ring (bicyclic) bond motifs is 1. The predicted molar refractivity (Wildman–Crippen MR) is 152 cm³/mol. The van der Waals surface area contributed by atoms with Gasteiger partial charge in [-0.25, -0.2) is 4.52 Å². The van der Waals surface area contributed by atoms with Crippen LogP contribution in [0.3, 0.4) is 0 Å². The first-order chi connectivity index (χ1) is 19.2. The molecule has 196 valence electrons. The summed E-state index contributed by atoms with van der Waals surface area (Å²) in [6, 6.07) is 31.6. The first kappa shape index (κ1) is 24.8. The van der Waals surface area contributed by atoms with Crippen molar-refractivity contribution in [2.24, 2.45) is 0 Å². The summed E-state index contributed by atoms with van der Waals surface area (Å²) in [5.74, 6) is 0.426. The van der Waals surface area contributed by atoms with Crippen LogP contribution >= 0.6 is 0 Å². The van der Waals surface area contributed by atoms with Crippen molar-refractivity contribution in [2.45, 2.75) is 13.1 Å². The van der Waals surface area contributed by atoms with Gasteiger partial charge in [0.15, 0.2) is 5.65 Å². The Balaban J connectivity index is 1.14. The Labute approximate surface area is 227 Å². The normalized spacial score (nSPS) is 13.8. The van der Waals surface area contributed by atoms with Gasteiger partial charge in [-0.3, -0.25) is 9.69 Å². The molecule has 0 aliphatic carbocycles. The standard InChI is InChI=1S/C31H30N6O2/c38-30(32-21-25-7-4-5-8-26(25)22-36-17-19-39-20-18-36)24-15-13-23(14-16-24)28-11-6-12-29-34-31(35-37(28)29)33-27-9-2-1-3-10-27/h1-16H,17-22H2,(H,32,38)(H,33,35). The summed E-state index contributed by atoms with van der Waals surface area (Å²) in [6.45, 7) is 4.75. The van der Waals surface area contributed by atoms with Gasteiger partial charge >= 0.3 is 0 Å². The number of benzene rings is 3. The maximum absolute atomic E-state index is 13.0. The van der Waals surface area contributed by atoms with Crippen LogP contribution in [-0.2, 0) is 17.8 Å². The number of hydrogen-bond donors (Lipinski definition) is 2. The zero-order chi connectivity index (χ0) is 26.4. The largest absolute Gasteiger partial charge is 0.379 e. The molecule has 3 heterocycles. The number of para-hydroxylation sites is 1. The van der Waals surface area contributed by atoms with E-state index >= 15 is 0 Å². The first-order valence-corrected chi connectivity index (χ1v) is 13.2. The molecule has 8 nitrogen and oxygen atoms in total. The molecule has 1 fully saturated rings. The van der Waals surface area contributed by atoms with Crippen molar-refractivity contribution in [3.8, 4) is 11.3 Å². The molecule has 0 radical (unpaired) electrons. The number of ether oxygens (including phenoxy) is 1. The number of hydrogen-bond acceptors (Lipinski definition) is 6. The summed E-state index contributed by atoms with van der Waals surface area (Å²) >= 11 is 0. The third-order valence-electron chi connectivity index (χ3n) is 6.89. The number of aromatic nitrogens is 3. The van der Waals surface area contributed by atoms with Crippen LogP contribution in [0.2, 0.25) is 0 Å². The van der Waals surface area contributed by atoms with Crippen LogP contribution in [0.15, 0.2) is 97.1 Å². The molecule has 1 saturated heterocycles. The van der Waals surface area contributed by atoms with Crippen molar-refractivity contribution in [3.05, 3.63) is 114 Å². The maximum Gasteiger partial charge on any atom is 0.251 e. The molecule has 0 unspecified atom stereocenters. The number of carbonyl (C=O) groups is 1. The Morgan fingerprint density at radius 1 is 0.821 bits per heavy atom. The van der Waals surface area contributed by atoms with E-state index in [1.165, 1.54) is 5.56 Å². The Bertz CT molecular complexity index is 1560. The number of pyridine rings is 1. The number of rotatable bonds is 8. The molecule has 5 aromatic rings. The molecule has 1 aliphatic rings. The second kappa shape index (κ2) is 11.5. The fourth-order valence-corrected chi connectivity index (χ4v) is 4.78. The summed E-state index contributed by atoms with van der Waals surface area (Å²) in [5, 5.41) is 11.0. The van der Waals surface area contributed by atoms with Gasteiger partial charge < -0.3 is 15.4 Å². The molecule has 3 aromatic carbocycles. The van der Waals surface area contributed by atoms with E-state index in [9.17, 15) is 4.79 Å². The van der Waals surface area contributed by atoms with Crippen LogP contribution in [0.4, 0.5) is 11.6 Å². The maximum atomic E-state index is 13.0. The topological polar surface area (TPSA) is 83.8 Å². The second-order valence-corrected chi connectivity index (χ2v) is 9.52. The van der Waals surface area contributed by atoms with E-state index in [-0.39, 0.29) is 5.91 Å². The Morgan fingerprint density at radius 3 is 2.36 bits per heavy atom. The Kier molecular flexibility index (Phi) is 7.29. The van der Waals surface area contributed by atoms with Gasteiger partial charge in [-0.15, -0.1) is 5.10 Å². The number of nitrogens with zero attached hydrogens (tertiary/aromatic N) is 4. The van der Waals surface area contributed by atoms with Gasteiger partial charge in [-0.2, -0.15) is 4.98 Å². The number of carbonyl (C=O) groups excluding carboxylic acids is 1. The first-order valence-electron chi connectivity index (χ1n) is 13.2. The summed E-state index contributed by atoms with van der Waals surface area (Å²) in [5.41, 5.74) is 6.48. The van der Waals surface area contributed by atoms with Crippen molar-refractivity contribution >= 4 is 23.2 Å². The van der Waals surface area contributed by atoms with Crippen LogP contribution in [0, 0.1) is 0 Å². The van der Waals surface area contributed by atoms with Crippen LogP contribution < -0.4 is 10.6 Å². The summed E-state index contributed by atoms with van der Waals surface area (Å²) in [6.07, 6.45) is 0. The average Bonchev–Trinajstić information content (AvgIpc) is 3.40. The van der Waals surface area contributed by atoms with E-state index in [1.54, 1.807) is 0 Å². The highest BCUT2D eigenvalue weighted by Gasteiger charge is 2.14. The number of morpholine rings is 1. The lowest BCUT2D eigenvalue weighted by molar-refractivity contribution is 0.0340. The van der Waals surface area contributed by atoms with E-state index in [0.29, 0.717) is 18.1 Å². The zero-order valence-electron chi connectivity index (χ0n) is 21.6. The van der Waals surface area contributed by atoms with E-state index in [4.69, 9.17) is 4.74 Å². The minimum atomic E-state index is -0.101. The number of anilines is 2. The van der Waals surface area contributed by atoms with Crippen molar-refractivity contribution in [3.63, 3.8) is 0 Å². The van der Waals surface area contributed by atoms with E-state index in [0.717, 1.165) is 61.0 Å². The monoisotopic (exact) mass is 518 g/mol. The van der Waals surface area contributed by atoms with Crippen LogP contribution in [0.25, 0.3) is 16.9 Å². The van der Waals surface area contributed by atoms with E-state index in [2.05, 4.69) is 43.8 Å². The molecular weight excluding hydrogens is 488 g/mol. The molecule has 2 aromatic heterocycles. The van der Waals surface area contributed by atoms with Gasteiger partial charge in [0.2, 0.25) is 5.95 Å². The molecule has 6 rings (SSSR count). The van der Waals surface area contributed by atoms with Crippen LogP contribution in [-0.4, -0.2) is 51.7 Å². The molecule has 0 spiro atoms. The Morgan fingerprint density at radius 2 is 1.56 bits per heavy atom. The smallest absolute Gasteiger partial charge is 0.251 e. The molecule has 0 bridgehead atoms. The van der Waals surface area contributed by atoms with Crippen LogP contribution in [0.5, 0.6) is 0 Å². The fraction of sp³-hybridized carbons (Fsp3) is 0.194. The zero-order valence-corrected chi connectivity index (χ0v) is 21.6. The second-order valence-electron chi connectivity index (χ2n) is 9.52. The van der Waals surface area contributed by atoms with E-state index in [1.807, 2.05) is 83.4 Å². The van der Waals surface area contributed by atoms with Crippen molar-refractivity contribution < 1.29 is 9.53 Å². The highest BCUT2D eigenvalue weighted by atomic mass is 16.5. The lowest BCUT2D eigenvalue weighted by Gasteiger charge is -2.27. The number of nitrogens with one attached hydrogen (secondary N) is 2. The lowest BCUT2D eigenvalue weighted by atomic mass is 10.1. The van der Waals surface area contributed by atoms with Gasteiger partial charge in [-0.05, 0) is 47.5 Å². The SMILES string of the molecule is O=C(NCc1ccccc1CN1CCOCC1)c1ccc(-c2cccc3nc(Nc4ccccc4)nn23)cc1. The molecule has 8 heteroatoms. The molecule has 39 heavy (non-hydrogen) atoms. The van der Waals surface area contributed by atoms with Gasteiger partial charge in [0.1, 0.15) is 0 Å². The van der Waals surface area contributed by atoms with Crippen LogP contribution in [0.1, 0.15) is 21.5 Å². The molecule has 0 saturated carbocycles. The van der Waals surface area contributed by atoms with E-state index < -0.39 is 0 Å². The highest BCUT2D eigenvalue weighted by molar-refractivity contribution is 5.94. The van der Waals surface area contributed by atoms with Crippen molar-refractivity contribution in [1.29, 1.82) is 0 Å². The molecule has 2 N–H and O–H groups in total. The molecule has 0 atom stereocenters. The fourth-order valence-electron chi connectivity index (χ4n) is 4.78. The molecule has 1 aliphatic heterocycles. The minimum Gasteiger partial charge on any atom is -0.379 e. The third-order valence-corrected chi connectivity index (χ3v) is 6.89. The number of amides is 1.